The highest BCUT2D eigenvalue weighted by Crippen LogP contribution is 2.22. The van der Waals surface area contributed by atoms with Gasteiger partial charge in [0.15, 0.2) is 0 Å². The van der Waals surface area contributed by atoms with Gasteiger partial charge in [0, 0.05) is 5.56 Å². The van der Waals surface area contributed by atoms with Crippen molar-refractivity contribution in [1.82, 2.24) is 4.98 Å². The minimum Gasteiger partial charge on any atom is -0.437 e. The standard InChI is InChI=1S/C18H15NO5/c1-2-11-22-18(21)23-13-9-7-12(8-10-13)17-19-16(20)14-5-3-4-6-15(14)24-17/h3-10H,2,11H2,1H3. The second-order valence-corrected chi connectivity index (χ2v) is 5.05. The predicted molar refractivity (Wildman–Crippen MR) is 88.0 cm³/mol. The van der Waals surface area contributed by atoms with Gasteiger partial charge in [0.2, 0.25) is 5.89 Å². The number of hydrogen-bond acceptors (Lipinski definition) is 6. The Hall–Kier alpha value is -3.15. The van der Waals surface area contributed by atoms with Gasteiger partial charge in [-0.3, -0.25) is 4.79 Å². The fraction of sp³-hybridized carbons (Fsp3) is 0.167. The summed E-state index contributed by atoms with van der Waals surface area (Å²) in [5, 5.41) is 0.430. The van der Waals surface area contributed by atoms with E-state index in [0.29, 0.717) is 28.9 Å². The lowest BCUT2D eigenvalue weighted by Gasteiger charge is -2.06. The van der Waals surface area contributed by atoms with E-state index >= 15 is 0 Å². The number of carbonyl (C=O) groups is 1. The molecule has 0 aliphatic carbocycles. The van der Waals surface area contributed by atoms with Crippen LogP contribution in [-0.4, -0.2) is 17.7 Å². The monoisotopic (exact) mass is 325 g/mol. The van der Waals surface area contributed by atoms with Crippen LogP contribution < -0.4 is 10.3 Å². The van der Waals surface area contributed by atoms with Gasteiger partial charge in [-0.05, 0) is 42.8 Å². The second kappa shape index (κ2) is 6.95. The van der Waals surface area contributed by atoms with Crippen LogP contribution in [0.1, 0.15) is 13.3 Å². The summed E-state index contributed by atoms with van der Waals surface area (Å²) in [7, 11) is 0. The van der Waals surface area contributed by atoms with Crippen LogP contribution in [0, 0.1) is 0 Å². The number of hydrogen-bond donors (Lipinski definition) is 0. The SMILES string of the molecule is CCCOC(=O)Oc1ccc(-c2nc(=O)c3ccccc3o2)cc1. The van der Waals surface area contributed by atoms with Crippen molar-refractivity contribution in [2.75, 3.05) is 6.61 Å². The van der Waals surface area contributed by atoms with Crippen LogP contribution in [0.25, 0.3) is 22.4 Å². The Labute approximate surface area is 137 Å². The highest BCUT2D eigenvalue weighted by Gasteiger charge is 2.10. The molecule has 0 N–H and O–H groups in total. The van der Waals surface area contributed by atoms with Gasteiger partial charge in [-0.15, -0.1) is 0 Å². The molecule has 0 aliphatic rings. The number of rotatable bonds is 4. The van der Waals surface area contributed by atoms with Gasteiger partial charge in [0.1, 0.15) is 11.3 Å². The molecule has 1 heterocycles. The summed E-state index contributed by atoms with van der Waals surface area (Å²) in [6, 6.07) is 13.4. The molecule has 2 aromatic carbocycles. The van der Waals surface area contributed by atoms with E-state index in [4.69, 9.17) is 13.9 Å². The van der Waals surface area contributed by atoms with Crippen molar-refractivity contribution in [3.63, 3.8) is 0 Å². The summed E-state index contributed by atoms with van der Waals surface area (Å²) < 4.78 is 15.5. The highest BCUT2D eigenvalue weighted by atomic mass is 16.7. The zero-order chi connectivity index (χ0) is 16.9. The van der Waals surface area contributed by atoms with Gasteiger partial charge in [0.05, 0.1) is 12.0 Å². The average molecular weight is 325 g/mol. The molecule has 0 aliphatic heterocycles. The lowest BCUT2D eigenvalue weighted by molar-refractivity contribution is 0.0992. The topological polar surface area (TPSA) is 78.6 Å². The summed E-state index contributed by atoms with van der Waals surface area (Å²) in [5.41, 5.74) is 0.721. The first-order chi connectivity index (χ1) is 11.7. The number of fused-ring (bicyclic) bond motifs is 1. The summed E-state index contributed by atoms with van der Waals surface area (Å²) >= 11 is 0. The summed E-state index contributed by atoms with van der Waals surface area (Å²) in [6.45, 7) is 2.20. The lowest BCUT2D eigenvalue weighted by Crippen LogP contribution is -2.11. The van der Waals surface area contributed by atoms with E-state index in [1.54, 1.807) is 48.5 Å². The molecular formula is C18H15NO5. The molecule has 3 rings (SSSR count). The maximum atomic E-state index is 12.0. The fourth-order valence-corrected chi connectivity index (χ4v) is 2.11. The number of para-hydroxylation sites is 1. The third kappa shape index (κ3) is 3.43. The Morgan fingerprint density at radius 1 is 1.12 bits per heavy atom. The van der Waals surface area contributed by atoms with E-state index in [2.05, 4.69) is 4.98 Å². The van der Waals surface area contributed by atoms with Gasteiger partial charge in [-0.1, -0.05) is 19.1 Å². The van der Waals surface area contributed by atoms with Crippen molar-refractivity contribution in [2.24, 2.45) is 0 Å². The van der Waals surface area contributed by atoms with E-state index < -0.39 is 6.16 Å². The first-order valence-electron chi connectivity index (χ1n) is 7.52. The molecule has 0 radical (unpaired) electrons. The molecule has 0 saturated carbocycles. The zero-order valence-electron chi connectivity index (χ0n) is 13.0. The Balaban J connectivity index is 1.83. The van der Waals surface area contributed by atoms with Gasteiger partial charge in [-0.2, -0.15) is 4.98 Å². The molecule has 24 heavy (non-hydrogen) atoms. The Morgan fingerprint density at radius 2 is 1.88 bits per heavy atom. The Morgan fingerprint density at radius 3 is 2.62 bits per heavy atom. The molecule has 0 spiro atoms. The molecule has 0 atom stereocenters. The van der Waals surface area contributed by atoms with Crippen LogP contribution in [0.15, 0.2) is 57.7 Å². The minimum absolute atomic E-state index is 0.207. The minimum atomic E-state index is -0.750. The van der Waals surface area contributed by atoms with Crippen LogP contribution >= 0.6 is 0 Å². The molecule has 0 fully saturated rings. The van der Waals surface area contributed by atoms with Crippen LogP contribution in [0.5, 0.6) is 5.75 Å². The molecule has 0 amide bonds. The molecule has 3 aromatic rings. The molecule has 1 aromatic heterocycles. The third-order valence-corrected chi connectivity index (χ3v) is 3.25. The van der Waals surface area contributed by atoms with E-state index in [-0.39, 0.29) is 11.4 Å². The zero-order valence-corrected chi connectivity index (χ0v) is 13.0. The van der Waals surface area contributed by atoms with Crippen LogP contribution in [0.4, 0.5) is 4.79 Å². The number of ether oxygens (including phenoxy) is 2. The molecule has 122 valence electrons. The average Bonchev–Trinajstić information content (AvgIpc) is 2.60. The molecule has 6 nitrogen and oxygen atoms in total. The van der Waals surface area contributed by atoms with Crippen LogP contribution in [0.2, 0.25) is 0 Å². The Bertz CT molecular complexity index is 915. The predicted octanol–water partition coefficient (Wildman–Crippen LogP) is 3.78. The normalized spacial score (nSPS) is 10.5. The highest BCUT2D eigenvalue weighted by molar-refractivity contribution is 5.76. The van der Waals surface area contributed by atoms with Crippen molar-refractivity contribution in [1.29, 1.82) is 0 Å². The summed E-state index contributed by atoms with van der Waals surface area (Å²) in [6.07, 6.45) is -0.0271. The molecule has 0 saturated heterocycles. The number of nitrogens with zero attached hydrogens (tertiary/aromatic N) is 1. The first-order valence-corrected chi connectivity index (χ1v) is 7.52. The first kappa shape index (κ1) is 15.7. The molecule has 0 unspecified atom stereocenters. The van der Waals surface area contributed by atoms with Gasteiger partial charge in [0.25, 0.3) is 5.56 Å². The molecule has 0 bridgehead atoms. The van der Waals surface area contributed by atoms with Crippen LogP contribution in [0.3, 0.4) is 0 Å². The fourth-order valence-electron chi connectivity index (χ4n) is 2.11. The molecule has 6 heteroatoms. The van der Waals surface area contributed by atoms with Gasteiger partial charge < -0.3 is 13.9 Å². The smallest absolute Gasteiger partial charge is 0.437 e. The number of benzene rings is 2. The summed E-state index contributed by atoms with van der Waals surface area (Å²) in [4.78, 5) is 27.4. The Kier molecular flexibility index (Phi) is 4.56. The van der Waals surface area contributed by atoms with E-state index in [9.17, 15) is 9.59 Å². The lowest BCUT2D eigenvalue weighted by atomic mass is 10.2. The number of aromatic nitrogens is 1. The van der Waals surface area contributed by atoms with E-state index in [1.807, 2.05) is 6.92 Å². The van der Waals surface area contributed by atoms with E-state index in [0.717, 1.165) is 6.42 Å². The van der Waals surface area contributed by atoms with Crippen molar-refractivity contribution >= 4 is 17.1 Å². The van der Waals surface area contributed by atoms with Crippen molar-refractivity contribution in [3.8, 4) is 17.2 Å². The largest absolute Gasteiger partial charge is 0.513 e. The van der Waals surface area contributed by atoms with Crippen molar-refractivity contribution in [2.45, 2.75) is 13.3 Å². The number of carbonyl (C=O) groups excluding carboxylic acids is 1. The van der Waals surface area contributed by atoms with Gasteiger partial charge in [-0.25, -0.2) is 4.79 Å². The van der Waals surface area contributed by atoms with Gasteiger partial charge >= 0.3 is 6.16 Å². The van der Waals surface area contributed by atoms with Crippen molar-refractivity contribution in [3.05, 3.63) is 58.9 Å². The third-order valence-electron chi connectivity index (χ3n) is 3.25. The quantitative estimate of drug-likeness (QED) is 0.536. The summed E-state index contributed by atoms with van der Waals surface area (Å²) in [5.74, 6) is 0.543. The van der Waals surface area contributed by atoms with Crippen LogP contribution in [-0.2, 0) is 4.74 Å². The van der Waals surface area contributed by atoms with E-state index in [1.165, 1.54) is 0 Å². The molecular weight excluding hydrogens is 310 g/mol. The van der Waals surface area contributed by atoms with Crippen molar-refractivity contribution < 1.29 is 18.7 Å². The maximum absolute atomic E-state index is 12.0. The second-order valence-electron chi connectivity index (χ2n) is 5.05. The maximum Gasteiger partial charge on any atom is 0.513 e.